The van der Waals surface area contributed by atoms with E-state index in [1.54, 1.807) is 12.1 Å². The summed E-state index contributed by atoms with van der Waals surface area (Å²) in [4.78, 5) is 22.7. The third-order valence-electron chi connectivity index (χ3n) is 2.88. The molecule has 0 radical (unpaired) electrons. The van der Waals surface area contributed by atoms with Gasteiger partial charge in [-0.2, -0.15) is 5.26 Å². The molecular formula is C14H15NO2. The summed E-state index contributed by atoms with van der Waals surface area (Å²) in [7, 11) is 0. The smallest absolute Gasteiger partial charge is 0.140 e. The minimum atomic E-state index is -0.568. The van der Waals surface area contributed by atoms with Crippen LogP contribution < -0.4 is 0 Å². The molecule has 3 heteroatoms. The van der Waals surface area contributed by atoms with Crippen LogP contribution in [0.15, 0.2) is 18.2 Å². The Morgan fingerprint density at radius 1 is 1.29 bits per heavy atom. The Kier molecular flexibility index (Phi) is 4.17. The van der Waals surface area contributed by atoms with Gasteiger partial charge in [0, 0.05) is 0 Å². The van der Waals surface area contributed by atoms with Crippen LogP contribution in [-0.2, 0) is 16.0 Å². The molecule has 88 valence electrons. The SMILES string of the molecule is CC(=O)C(Cc1ccc(C#N)cc1C)C(C)=O. The zero-order chi connectivity index (χ0) is 13.0. The summed E-state index contributed by atoms with van der Waals surface area (Å²) in [6, 6.07) is 7.35. The molecule has 0 bridgehead atoms. The number of rotatable bonds is 4. The molecule has 0 aromatic heterocycles. The zero-order valence-electron chi connectivity index (χ0n) is 10.3. The van der Waals surface area contributed by atoms with Gasteiger partial charge in [-0.25, -0.2) is 0 Å². The van der Waals surface area contributed by atoms with Crippen molar-refractivity contribution in [2.45, 2.75) is 27.2 Å². The molecule has 0 spiro atoms. The predicted molar refractivity (Wildman–Crippen MR) is 64.5 cm³/mol. The number of hydrogen-bond acceptors (Lipinski definition) is 3. The predicted octanol–water partition coefficient (Wildman–Crippen LogP) is 2.20. The van der Waals surface area contributed by atoms with Gasteiger partial charge < -0.3 is 0 Å². The number of nitrogens with zero attached hydrogens (tertiary/aromatic N) is 1. The molecule has 0 saturated heterocycles. The zero-order valence-corrected chi connectivity index (χ0v) is 10.3. The number of ketones is 2. The molecule has 0 unspecified atom stereocenters. The largest absolute Gasteiger partial charge is 0.299 e. The summed E-state index contributed by atoms with van der Waals surface area (Å²) in [6.07, 6.45) is 0.419. The summed E-state index contributed by atoms with van der Waals surface area (Å²) >= 11 is 0. The van der Waals surface area contributed by atoms with E-state index in [1.807, 2.05) is 13.0 Å². The van der Waals surface area contributed by atoms with Crippen LogP contribution in [0.3, 0.4) is 0 Å². The first kappa shape index (κ1) is 13.1. The van der Waals surface area contributed by atoms with Gasteiger partial charge in [0.25, 0.3) is 0 Å². The van der Waals surface area contributed by atoms with Crippen molar-refractivity contribution in [3.05, 3.63) is 34.9 Å². The normalized spacial score (nSPS) is 10.1. The molecular weight excluding hydrogens is 214 g/mol. The fourth-order valence-electron chi connectivity index (χ4n) is 1.79. The second kappa shape index (κ2) is 5.40. The van der Waals surface area contributed by atoms with Gasteiger partial charge in [-0.1, -0.05) is 6.07 Å². The Labute approximate surface area is 101 Å². The first-order valence-corrected chi connectivity index (χ1v) is 5.46. The van der Waals surface area contributed by atoms with Crippen LogP contribution in [0.4, 0.5) is 0 Å². The summed E-state index contributed by atoms with van der Waals surface area (Å²) in [5.74, 6) is -0.788. The van der Waals surface area contributed by atoms with Gasteiger partial charge >= 0.3 is 0 Å². The Morgan fingerprint density at radius 2 is 1.88 bits per heavy atom. The van der Waals surface area contributed by atoms with Crippen molar-refractivity contribution in [1.82, 2.24) is 0 Å². The van der Waals surface area contributed by atoms with E-state index in [9.17, 15) is 9.59 Å². The molecule has 1 aromatic carbocycles. The van der Waals surface area contributed by atoms with Crippen LogP contribution >= 0.6 is 0 Å². The van der Waals surface area contributed by atoms with Gasteiger partial charge in [0.2, 0.25) is 0 Å². The lowest BCUT2D eigenvalue weighted by molar-refractivity contribution is -0.130. The standard InChI is InChI=1S/C14H15NO2/c1-9-6-12(8-15)4-5-13(9)7-14(10(2)16)11(3)17/h4-6,14H,7H2,1-3H3. The lowest BCUT2D eigenvalue weighted by Crippen LogP contribution is -2.22. The first-order valence-electron chi connectivity index (χ1n) is 5.46. The Bertz CT molecular complexity index is 483. The van der Waals surface area contributed by atoms with E-state index in [-0.39, 0.29) is 11.6 Å². The highest BCUT2D eigenvalue weighted by Gasteiger charge is 2.20. The van der Waals surface area contributed by atoms with E-state index in [1.165, 1.54) is 13.8 Å². The first-order chi connectivity index (χ1) is 7.95. The quantitative estimate of drug-likeness (QED) is 0.744. The van der Waals surface area contributed by atoms with E-state index in [0.29, 0.717) is 12.0 Å². The molecule has 0 heterocycles. The molecule has 17 heavy (non-hydrogen) atoms. The Hall–Kier alpha value is -1.95. The average Bonchev–Trinajstić information content (AvgIpc) is 2.26. The van der Waals surface area contributed by atoms with Gasteiger partial charge in [0.05, 0.1) is 17.6 Å². The number of Topliss-reactive ketones (excluding diaryl/α,β-unsaturated/α-hetero) is 2. The van der Waals surface area contributed by atoms with E-state index in [4.69, 9.17) is 5.26 Å². The minimum absolute atomic E-state index is 0.110. The summed E-state index contributed by atoms with van der Waals surface area (Å²) in [5.41, 5.74) is 2.48. The van der Waals surface area contributed by atoms with Crippen LogP contribution in [0.25, 0.3) is 0 Å². The number of nitriles is 1. The van der Waals surface area contributed by atoms with Crippen molar-refractivity contribution >= 4 is 11.6 Å². The lowest BCUT2D eigenvalue weighted by Gasteiger charge is -2.12. The lowest BCUT2D eigenvalue weighted by atomic mass is 9.90. The molecule has 0 aliphatic rings. The van der Waals surface area contributed by atoms with Crippen molar-refractivity contribution in [3.8, 4) is 6.07 Å². The third kappa shape index (κ3) is 3.25. The van der Waals surface area contributed by atoms with Crippen molar-refractivity contribution in [1.29, 1.82) is 5.26 Å². The van der Waals surface area contributed by atoms with Crippen molar-refractivity contribution < 1.29 is 9.59 Å². The molecule has 0 amide bonds. The van der Waals surface area contributed by atoms with E-state index < -0.39 is 5.92 Å². The van der Waals surface area contributed by atoms with E-state index >= 15 is 0 Å². The molecule has 0 atom stereocenters. The maximum atomic E-state index is 11.4. The second-order valence-corrected chi connectivity index (χ2v) is 4.23. The molecule has 0 aliphatic carbocycles. The highest BCUT2D eigenvalue weighted by Crippen LogP contribution is 2.16. The van der Waals surface area contributed by atoms with Crippen molar-refractivity contribution in [2.24, 2.45) is 5.92 Å². The van der Waals surface area contributed by atoms with Crippen LogP contribution in [0.2, 0.25) is 0 Å². The Balaban J connectivity index is 2.99. The molecule has 0 fully saturated rings. The molecule has 1 aromatic rings. The fraction of sp³-hybridized carbons (Fsp3) is 0.357. The third-order valence-corrected chi connectivity index (χ3v) is 2.88. The van der Waals surface area contributed by atoms with Crippen molar-refractivity contribution in [3.63, 3.8) is 0 Å². The molecule has 0 aliphatic heterocycles. The number of aryl methyl sites for hydroxylation is 1. The summed E-state index contributed by atoms with van der Waals surface area (Å²) < 4.78 is 0. The van der Waals surface area contributed by atoms with Crippen LogP contribution in [0.5, 0.6) is 0 Å². The molecule has 3 nitrogen and oxygen atoms in total. The maximum absolute atomic E-state index is 11.4. The van der Waals surface area contributed by atoms with Gasteiger partial charge in [0.15, 0.2) is 0 Å². The summed E-state index contributed by atoms with van der Waals surface area (Å²) in [5, 5.41) is 8.75. The van der Waals surface area contributed by atoms with Gasteiger partial charge in [-0.15, -0.1) is 0 Å². The summed E-state index contributed by atoms with van der Waals surface area (Å²) in [6.45, 7) is 4.75. The minimum Gasteiger partial charge on any atom is -0.299 e. The van der Waals surface area contributed by atoms with Gasteiger partial charge in [0.1, 0.15) is 11.6 Å². The number of carbonyl (C=O) groups is 2. The number of carbonyl (C=O) groups excluding carboxylic acids is 2. The molecule has 1 rings (SSSR count). The number of hydrogen-bond donors (Lipinski definition) is 0. The second-order valence-electron chi connectivity index (χ2n) is 4.23. The highest BCUT2D eigenvalue weighted by atomic mass is 16.1. The van der Waals surface area contributed by atoms with Crippen LogP contribution in [-0.4, -0.2) is 11.6 Å². The van der Waals surface area contributed by atoms with E-state index in [2.05, 4.69) is 6.07 Å². The van der Waals surface area contributed by atoms with Crippen LogP contribution in [0, 0.1) is 24.2 Å². The number of benzene rings is 1. The van der Waals surface area contributed by atoms with Gasteiger partial charge in [-0.3, -0.25) is 9.59 Å². The monoisotopic (exact) mass is 229 g/mol. The van der Waals surface area contributed by atoms with Crippen molar-refractivity contribution in [2.75, 3.05) is 0 Å². The highest BCUT2D eigenvalue weighted by molar-refractivity contribution is 6.00. The fourth-order valence-corrected chi connectivity index (χ4v) is 1.79. The topological polar surface area (TPSA) is 57.9 Å². The molecule has 0 N–H and O–H groups in total. The Morgan fingerprint density at radius 3 is 2.29 bits per heavy atom. The van der Waals surface area contributed by atoms with E-state index in [0.717, 1.165) is 11.1 Å². The van der Waals surface area contributed by atoms with Crippen LogP contribution in [0.1, 0.15) is 30.5 Å². The van der Waals surface area contributed by atoms with Gasteiger partial charge in [-0.05, 0) is 50.5 Å². The maximum Gasteiger partial charge on any atom is 0.140 e. The average molecular weight is 229 g/mol. The molecule has 0 saturated carbocycles.